The number of aryl methyl sites for hydroxylation is 1. The highest BCUT2D eigenvalue weighted by molar-refractivity contribution is 9.10. The second kappa shape index (κ2) is 9.09. The summed E-state index contributed by atoms with van der Waals surface area (Å²) in [7, 11) is 0. The molecule has 0 bridgehead atoms. The lowest BCUT2D eigenvalue weighted by Crippen LogP contribution is -2.35. The molecule has 0 spiro atoms. The van der Waals surface area contributed by atoms with Gasteiger partial charge in [0.1, 0.15) is 0 Å². The molecule has 0 radical (unpaired) electrons. The highest BCUT2D eigenvalue weighted by Gasteiger charge is 2.09. The standard InChI is InChI=1S/C16H19BrN2O4/c1-10(2)6-16(22)23-9-15(21)18-8-14(20)19-13-5-4-12(17)7-11(13)3/h4-7H,8-9H2,1-3H3,(H,18,21)(H,19,20). The first kappa shape index (κ1) is 18.9. The van der Waals surface area contributed by atoms with E-state index in [0.717, 1.165) is 15.6 Å². The van der Waals surface area contributed by atoms with Crippen molar-refractivity contribution in [1.82, 2.24) is 5.32 Å². The Kier molecular flexibility index (Phi) is 7.47. The Labute approximate surface area is 143 Å². The minimum atomic E-state index is -0.588. The second-order valence-corrected chi connectivity index (χ2v) is 6.03. The quantitative estimate of drug-likeness (QED) is 0.583. The van der Waals surface area contributed by atoms with E-state index in [4.69, 9.17) is 4.74 Å². The molecule has 7 heteroatoms. The average Bonchev–Trinajstić information content (AvgIpc) is 2.45. The van der Waals surface area contributed by atoms with E-state index < -0.39 is 18.5 Å². The molecule has 0 aromatic heterocycles. The van der Waals surface area contributed by atoms with Crippen molar-refractivity contribution >= 4 is 39.4 Å². The Morgan fingerprint density at radius 2 is 1.91 bits per heavy atom. The van der Waals surface area contributed by atoms with Gasteiger partial charge in [0, 0.05) is 16.2 Å². The summed E-state index contributed by atoms with van der Waals surface area (Å²) in [6, 6.07) is 5.45. The first-order valence-electron chi connectivity index (χ1n) is 6.92. The summed E-state index contributed by atoms with van der Waals surface area (Å²) in [5, 5.41) is 5.08. The number of halogens is 1. The number of ether oxygens (including phenoxy) is 1. The molecule has 1 aromatic carbocycles. The highest BCUT2D eigenvalue weighted by atomic mass is 79.9. The van der Waals surface area contributed by atoms with Crippen LogP contribution in [-0.2, 0) is 19.1 Å². The predicted octanol–water partition coefficient (Wildman–Crippen LogP) is 2.32. The maximum atomic E-state index is 11.8. The number of esters is 1. The molecule has 1 aromatic rings. The molecule has 2 amide bonds. The van der Waals surface area contributed by atoms with Crippen LogP contribution in [0.25, 0.3) is 0 Å². The van der Waals surface area contributed by atoms with Gasteiger partial charge in [-0.1, -0.05) is 21.5 Å². The summed E-state index contributed by atoms with van der Waals surface area (Å²) in [6.45, 7) is 4.73. The Morgan fingerprint density at radius 3 is 2.52 bits per heavy atom. The third-order valence-corrected chi connectivity index (χ3v) is 3.15. The lowest BCUT2D eigenvalue weighted by Gasteiger charge is -2.09. The van der Waals surface area contributed by atoms with E-state index >= 15 is 0 Å². The van der Waals surface area contributed by atoms with E-state index in [1.807, 2.05) is 19.1 Å². The van der Waals surface area contributed by atoms with E-state index in [1.54, 1.807) is 19.9 Å². The first-order valence-corrected chi connectivity index (χ1v) is 7.71. The van der Waals surface area contributed by atoms with Gasteiger partial charge in [0.05, 0.1) is 6.54 Å². The zero-order valence-corrected chi connectivity index (χ0v) is 14.8. The third-order valence-electron chi connectivity index (χ3n) is 2.66. The number of hydrogen-bond acceptors (Lipinski definition) is 4. The van der Waals surface area contributed by atoms with Crippen LogP contribution in [0.1, 0.15) is 19.4 Å². The molecule has 6 nitrogen and oxygen atoms in total. The van der Waals surface area contributed by atoms with Crippen molar-refractivity contribution in [2.45, 2.75) is 20.8 Å². The Hall–Kier alpha value is -2.15. The maximum Gasteiger partial charge on any atom is 0.331 e. The average molecular weight is 383 g/mol. The van der Waals surface area contributed by atoms with E-state index in [0.29, 0.717) is 5.69 Å². The topological polar surface area (TPSA) is 84.5 Å². The van der Waals surface area contributed by atoms with Gasteiger partial charge in [0.25, 0.3) is 5.91 Å². The van der Waals surface area contributed by atoms with Crippen molar-refractivity contribution in [2.75, 3.05) is 18.5 Å². The minimum absolute atomic E-state index is 0.200. The molecule has 0 heterocycles. The second-order valence-electron chi connectivity index (χ2n) is 5.11. The molecule has 0 aliphatic carbocycles. The number of nitrogens with one attached hydrogen (secondary N) is 2. The molecule has 124 valence electrons. The molecule has 1 rings (SSSR count). The zero-order chi connectivity index (χ0) is 17.4. The number of carbonyl (C=O) groups is 3. The van der Waals surface area contributed by atoms with Gasteiger partial charge in [0.15, 0.2) is 6.61 Å². The van der Waals surface area contributed by atoms with Gasteiger partial charge in [-0.25, -0.2) is 4.79 Å². The van der Waals surface area contributed by atoms with Crippen molar-refractivity contribution in [1.29, 1.82) is 0 Å². The van der Waals surface area contributed by atoms with Crippen LogP contribution in [0.2, 0.25) is 0 Å². The molecule has 0 fully saturated rings. The molecule has 23 heavy (non-hydrogen) atoms. The van der Waals surface area contributed by atoms with Gasteiger partial charge in [0.2, 0.25) is 5.91 Å². The summed E-state index contributed by atoms with van der Waals surface area (Å²) >= 11 is 3.34. The van der Waals surface area contributed by atoms with Crippen LogP contribution in [0, 0.1) is 6.92 Å². The molecule has 0 saturated carbocycles. The van der Waals surface area contributed by atoms with Crippen LogP contribution in [0.4, 0.5) is 5.69 Å². The summed E-state index contributed by atoms with van der Waals surface area (Å²) in [5.41, 5.74) is 2.34. The van der Waals surface area contributed by atoms with Gasteiger partial charge >= 0.3 is 5.97 Å². The van der Waals surface area contributed by atoms with Crippen LogP contribution in [0.15, 0.2) is 34.3 Å². The predicted molar refractivity (Wildman–Crippen MR) is 90.9 cm³/mol. The molecule has 0 aliphatic heterocycles. The smallest absolute Gasteiger partial charge is 0.331 e. The monoisotopic (exact) mass is 382 g/mol. The number of rotatable bonds is 6. The van der Waals surface area contributed by atoms with E-state index in [-0.39, 0.29) is 12.5 Å². The van der Waals surface area contributed by atoms with E-state index in [9.17, 15) is 14.4 Å². The van der Waals surface area contributed by atoms with Gasteiger partial charge in [-0.15, -0.1) is 0 Å². The fraction of sp³-hybridized carbons (Fsp3) is 0.312. The molecule has 0 unspecified atom stereocenters. The molecule has 0 atom stereocenters. The Morgan fingerprint density at radius 1 is 1.22 bits per heavy atom. The van der Waals surface area contributed by atoms with Crippen molar-refractivity contribution in [3.63, 3.8) is 0 Å². The molecular formula is C16H19BrN2O4. The van der Waals surface area contributed by atoms with Gasteiger partial charge in [-0.2, -0.15) is 0 Å². The summed E-state index contributed by atoms with van der Waals surface area (Å²) in [4.78, 5) is 34.5. The summed E-state index contributed by atoms with van der Waals surface area (Å²) < 4.78 is 5.65. The minimum Gasteiger partial charge on any atom is -0.452 e. The normalized spacial score (nSPS) is 9.74. The first-order chi connectivity index (χ1) is 10.8. The largest absolute Gasteiger partial charge is 0.452 e. The number of allylic oxidation sites excluding steroid dienone is 1. The fourth-order valence-corrected chi connectivity index (χ4v) is 2.08. The zero-order valence-electron chi connectivity index (χ0n) is 13.2. The molecule has 2 N–H and O–H groups in total. The van der Waals surface area contributed by atoms with Gasteiger partial charge in [-0.05, 0) is 44.5 Å². The molecule has 0 aliphatic rings. The fourth-order valence-electron chi connectivity index (χ4n) is 1.61. The van der Waals surface area contributed by atoms with E-state index in [1.165, 1.54) is 6.08 Å². The number of amides is 2. The van der Waals surface area contributed by atoms with Crippen LogP contribution in [0.5, 0.6) is 0 Å². The van der Waals surface area contributed by atoms with E-state index in [2.05, 4.69) is 26.6 Å². The van der Waals surface area contributed by atoms with Gasteiger partial charge in [-0.3, -0.25) is 9.59 Å². The van der Waals surface area contributed by atoms with Crippen LogP contribution >= 0.6 is 15.9 Å². The molecular weight excluding hydrogens is 364 g/mol. The maximum absolute atomic E-state index is 11.8. The number of hydrogen-bond donors (Lipinski definition) is 2. The number of benzene rings is 1. The Bertz CT molecular complexity index is 637. The van der Waals surface area contributed by atoms with Crippen molar-refractivity contribution in [3.8, 4) is 0 Å². The summed E-state index contributed by atoms with van der Waals surface area (Å²) in [6.07, 6.45) is 1.29. The van der Waals surface area contributed by atoms with Gasteiger partial charge < -0.3 is 15.4 Å². The number of carbonyl (C=O) groups excluding carboxylic acids is 3. The lowest BCUT2D eigenvalue weighted by molar-refractivity contribution is -0.144. The summed E-state index contributed by atoms with van der Waals surface area (Å²) in [5.74, 6) is -1.49. The third kappa shape index (κ3) is 7.60. The van der Waals surface area contributed by atoms with Crippen LogP contribution < -0.4 is 10.6 Å². The van der Waals surface area contributed by atoms with Crippen molar-refractivity contribution < 1.29 is 19.1 Å². The number of anilines is 1. The van der Waals surface area contributed by atoms with Crippen molar-refractivity contribution in [2.24, 2.45) is 0 Å². The van der Waals surface area contributed by atoms with Crippen LogP contribution in [0.3, 0.4) is 0 Å². The lowest BCUT2D eigenvalue weighted by atomic mass is 10.2. The van der Waals surface area contributed by atoms with Crippen molar-refractivity contribution in [3.05, 3.63) is 39.9 Å². The Balaban J connectivity index is 2.37. The SMILES string of the molecule is CC(C)=CC(=O)OCC(=O)NCC(=O)Nc1ccc(Br)cc1C. The highest BCUT2D eigenvalue weighted by Crippen LogP contribution is 2.19. The van der Waals surface area contributed by atoms with Crippen LogP contribution in [-0.4, -0.2) is 30.9 Å². The molecule has 0 saturated heterocycles.